The number of esters is 1. The number of hydrogen-bond donors (Lipinski definition) is 4. The van der Waals surface area contributed by atoms with Gasteiger partial charge in [0.2, 0.25) is 0 Å². The number of ether oxygens (including phenoxy) is 3. The van der Waals surface area contributed by atoms with E-state index in [1.807, 2.05) is 0 Å². The number of halogens is 1. The van der Waals surface area contributed by atoms with Crippen LogP contribution in [0.2, 0.25) is 5.02 Å². The molecule has 1 heterocycles. The maximum atomic E-state index is 11.6. The maximum Gasteiger partial charge on any atom is 0.344 e. The molecule has 0 aliphatic carbocycles. The first-order valence-electron chi connectivity index (χ1n) is 6.80. The van der Waals surface area contributed by atoms with E-state index in [0.29, 0.717) is 10.8 Å². The van der Waals surface area contributed by atoms with E-state index >= 15 is 0 Å². The second kappa shape index (κ2) is 7.91. The molecule has 2 rings (SSSR count). The van der Waals surface area contributed by atoms with Crippen molar-refractivity contribution in [3.63, 3.8) is 0 Å². The van der Waals surface area contributed by atoms with E-state index in [9.17, 15) is 25.2 Å². The van der Waals surface area contributed by atoms with Crippen LogP contribution in [0.15, 0.2) is 24.3 Å². The predicted octanol–water partition coefficient (Wildman–Crippen LogP) is -0.938. The smallest absolute Gasteiger partial charge is 0.344 e. The van der Waals surface area contributed by atoms with Gasteiger partial charge in [0.05, 0.1) is 0 Å². The van der Waals surface area contributed by atoms with Crippen LogP contribution >= 0.6 is 11.6 Å². The van der Waals surface area contributed by atoms with Gasteiger partial charge in [-0.15, -0.1) is 0 Å². The number of aliphatic hydroxyl groups is 4. The second-order valence-corrected chi connectivity index (χ2v) is 5.40. The number of hydrogen-bond acceptors (Lipinski definition) is 8. The van der Waals surface area contributed by atoms with Crippen molar-refractivity contribution in [1.29, 1.82) is 0 Å². The van der Waals surface area contributed by atoms with Gasteiger partial charge in [0.15, 0.2) is 12.9 Å². The second-order valence-electron chi connectivity index (χ2n) is 4.96. The van der Waals surface area contributed by atoms with E-state index in [4.69, 9.17) is 25.8 Å². The lowest BCUT2D eigenvalue weighted by Crippen LogP contribution is -2.58. The first kappa shape index (κ1) is 17.9. The molecule has 1 saturated heterocycles. The van der Waals surface area contributed by atoms with Crippen molar-refractivity contribution < 1.29 is 39.4 Å². The fourth-order valence-corrected chi connectivity index (χ4v) is 2.08. The molecule has 0 amide bonds. The molecule has 9 heteroatoms. The molecule has 0 saturated carbocycles. The Labute approximate surface area is 136 Å². The van der Waals surface area contributed by atoms with Gasteiger partial charge in [-0.3, -0.25) is 0 Å². The van der Waals surface area contributed by atoms with Gasteiger partial charge in [-0.05, 0) is 24.3 Å². The summed E-state index contributed by atoms with van der Waals surface area (Å²) in [4.78, 5) is 11.6. The molecule has 128 valence electrons. The van der Waals surface area contributed by atoms with Crippen molar-refractivity contribution in [1.82, 2.24) is 0 Å². The van der Waals surface area contributed by atoms with Crippen molar-refractivity contribution >= 4 is 17.6 Å². The zero-order valence-corrected chi connectivity index (χ0v) is 12.7. The molecule has 0 radical (unpaired) electrons. The number of benzene rings is 1. The van der Waals surface area contributed by atoms with Crippen molar-refractivity contribution in [2.75, 3.05) is 13.2 Å². The number of carbonyl (C=O) groups is 1. The zero-order chi connectivity index (χ0) is 17.0. The van der Waals surface area contributed by atoms with Crippen molar-refractivity contribution in [3.8, 4) is 5.75 Å². The Kier molecular flexibility index (Phi) is 6.17. The summed E-state index contributed by atoms with van der Waals surface area (Å²) >= 11 is 5.71. The highest BCUT2D eigenvalue weighted by Gasteiger charge is 2.43. The average Bonchev–Trinajstić information content (AvgIpc) is 2.54. The van der Waals surface area contributed by atoms with Crippen LogP contribution in [0.3, 0.4) is 0 Å². The highest BCUT2D eigenvalue weighted by molar-refractivity contribution is 6.30. The van der Waals surface area contributed by atoms with Crippen LogP contribution in [0.1, 0.15) is 0 Å². The summed E-state index contributed by atoms with van der Waals surface area (Å²) in [5, 5.41) is 38.4. The van der Waals surface area contributed by atoms with Gasteiger partial charge in [0.25, 0.3) is 0 Å². The summed E-state index contributed by atoms with van der Waals surface area (Å²) in [6, 6.07) is 6.36. The van der Waals surface area contributed by atoms with Crippen LogP contribution in [0, 0.1) is 0 Å². The van der Waals surface area contributed by atoms with Crippen LogP contribution in [-0.4, -0.2) is 70.3 Å². The van der Waals surface area contributed by atoms with E-state index in [-0.39, 0.29) is 6.61 Å². The third-order valence-electron chi connectivity index (χ3n) is 3.27. The highest BCUT2D eigenvalue weighted by atomic mass is 35.5. The lowest BCUT2D eigenvalue weighted by molar-refractivity contribution is -0.287. The van der Waals surface area contributed by atoms with E-state index < -0.39 is 43.3 Å². The maximum absolute atomic E-state index is 11.6. The quantitative estimate of drug-likeness (QED) is 0.502. The van der Waals surface area contributed by atoms with E-state index in [0.717, 1.165) is 0 Å². The summed E-state index contributed by atoms with van der Waals surface area (Å²) in [7, 11) is 0. The summed E-state index contributed by atoms with van der Waals surface area (Å²) in [6.07, 6.45) is -7.58. The van der Waals surface area contributed by atoms with E-state index in [1.54, 1.807) is 24.3 Å². The van der Waals surface area contributed by atoms with Gasteiger partial charge < -0.3 is 34.6 Å². The van der Waals surface area contributed by atoms with Crippen molar-refractivity contribution in [2.45, 2.75) is 30.7 Å². The van der Waals surface area contributed by atoms with Crippen LogP contribution in [0.5, 0.6) is 5.75 Å². The summed E-state index contributed by atoms with van der Waals surface area (Å²) in [6.45, 7) is -0.789. The van der Waals surface area contributed by atoms with Crippen LogP contribution in [-0.2, 0) is 14.3 Å². The fourth-order valence-electron chi connectivity index (χ4n) is 1.96. The molecular weight excluding hydrogens is 332 g/mol. The summed E-state index contributed by atoms with van der Waals surface area (Å²) in [5.74, 6) is -0.305. The minimum atomic E-state index is -1.68. The fraction of sp³-hybridized carbons (Fsp3) is 0.500. The third kappa shape index (κ3) is 4.77. The van der Waals surface area contributed by atoms with E-state index in [2.05, 4.69) is 0 Å². The lowest BCUT2D eigenvalue weighted by atomic mass is 9.99. The molecule has 4 N–H and O–H groups in total. The Morgan fingerprint density at radius 1 is 1.09 bits per heavy atom. The number of carbonyl (C=O) groups excluding carboxylic acids is 1. The normalized spacial score (nSPS) is 30.7. The van der Waals surface area contributed by atoms with Gasteiger partial charge in [-0.2, -0.15) is 0 Å². The molecular formula is C14H17ClO8. The van der Waals surface area contributed by atoms with Crippen LogP contribution < -0.4 is 4.74 Å². The van der Waals surface area contributed by atoms with Crippen molar-refractivity contribution in [3.05, 3.63) is 29.3 Å². The highest BCUT2D eigenvalue weighted by Crippen LogP contribution is 2.20. The topological polar surface area (TPSA) is 126 Å². The van der Waals surface area contributed by atoms with Gasteiger partial charge in [-0.1, -0.05) is 11.6 Å². The first-order chi connectivity index (χ1) is 10.9. The molecule has 0 unspecified atom stereocenters. The monoisotopic (exact) mass is 348 g/mol. The Hall–Kier alpha value is -1.42. The molecule has 5 atom stereocenters. The predicted molar refractivity (Wildman–Crippen MR) is 76.8 cm³/mol. The summed E-state index contributed by atoms with van der Waals surface area (Å²) in [5.41, 5.74) is 0. The minimum absolute atomic E-state index is 0.377. The molecule has 0 aromatic heterocycles. The Morgan fingerprint density at radius 2 is 1.74 bits per heavy atom. The van der Waals surface area contributed by atoms with E-state index in [1.165, 1.54) is 0 Å². The molecule has 1 aromatic rings. The third-order valence-corrected chi connectivity index (χ3v) is 3.52. The molecule has 23 heavy (non-hydrogen) atoms. The SMILES string of the molecule is O=C(COc1ccc(Cl)cc1)OC[C@H]1O[C@@H](O)[C@H](O)[C@@H](O)[C@@H]1O. The molecule has 1 aromatic carbocycles. The minimum Gasteiger partial charge on any atom is -0.482 e. The average molecular weight is 349 g/mol. The molecule has 8 nitrogen and oxygen atoms in total. The van der Waals surface area contributed by atoms with Crippen LogP contribution in [0.25, 0.3) is 0 Å². The summed E-state index contributed by atoms with van der Waals surface area (Å²) < 4.78 is 14.9. The molecule has 1 fully saturated rings. The van der Waals surface area contributed by atoms with Gasteiger partial charge >= 0.3 is 5.97 Å². The van der Waals surface area contributed by atoms with Gasteiger partial charge in [0.1, 0.15) is 36.8 Å². The molecule has 0 spiro atoms. The Bertz CT molecular complexity index is 522. The standard InChI is InChI=1S/C14H17ClO8/c15-7-1-3-8(4-2-7)21-6-10(16)22-5-9-11(17)12(18)13(19)14(20)23-9/h1-4,9,11-14,17-20H,5-6H2/t9-,11-,12+,13-,14-/m1/s1. The largest absolute Gasteiger partial charge is 0.482 e. The molecule has 1 aliphatic heterocycles. The van der Waals surface area contributed by atoms with Gasteiger partial charge in [-0.25, -0.2) is 4.79 Å². The Balaban J connectivity index is 1.76. The first-order valence-corrected chi connectivity index (χ1v) is 7.18. The van der Waals surface area contributed by atoms with Gasteiger partial charge in [0, 0.05) is 5.02 Å². The van der Waals surface area contributed by atoms with Crippen molar-refractivity contribution in [2.24, 2.45) is 0 Å². The van der Waals surface area contributed by atoms with Crippen LogP contribution in [0.4, 0.5) is 0 Å². The Morgan fingerprint density at radius 3 is 2.39 bits per heavy atom. The molecule has 0 bridgehead atoms. The number of rotatable bonds is 5. The number of aliphatic hydroxyl groups excluding tert-OH is 4. The molecule has 1 aliphatic rings. The lowest BCUT2D eigenvalue weighted by Gasteiger charge is -2.37. The zero-order valence-electron chi connectivity index (χ0n) is 11.9.